The van der Waals surface area contributed by atoms with Crippen LogP contribution in [-0.2, 0) is 16.1 Å². The van der Waals surface area contributed by atoms with Gasteiger partial charge in [0.25, 0.3) is 5.91 Å². The lowest BCUT2D eigenvalue weighted by Gasteiger charge is -2.23. The van der Waals surface area contributed by atoms with Crippen LogP contribution in [0.5, 0.6) is 5.75 Å². The van der Waals surface area contributed by atoms with E-state index in [1.807, 2.05) is 24.3 Å². The Kier molecular flexibility index (Phi) is 4.39. The van der Waals surface area contributed by atoms with Crippen molar-refractivity contribution in [3.05, 3.63) is 29.8 Å². The molecule has 104 valence electrons. The van der Waals surface area contributed by atoms with Crippen molar-refractivity contribution in [2.24, 2.45) is 5.73 Å². The maximum absolute atomic E-state index is 10.6. The lowest BCUT2D eigenvalue weighted by atomic mass is 10.0. The zero-order valence-corrected chi connectivity index (χ0v) is 11.1. The lowest BCUT2D eigenvalue weighted by molar-refractivity contribution is -0.119. The molecule has 1 atom stereocenters. The summed E-state index contributed by atoms with van der Waals surface area (Å²) in [5.41, 5.74) is 6.25. The Balaban J connectivity index is 1.83. The highest BCUT2D eigenvalue weighted by molar-refractivity contribution is 5.75. The number of nitrogens with one attached hydrogen (secondary N) is 1. The van der Waals surface area contributed by atoms with Gasteiger partial charge in [0, 0.05) is 18.7 Å². The molecule has 1 fully saturated rings. The second kappa shape index (κ2) is 6.04. The van der Waals surface area contributed by atoms with Gasteiger partial charge in [0.15, 0.2) is 6.61 Å². The van der Waals surface area contributed by atoms with Gasteiger partial charge in [-0.2, -0.15) is 0 Å². The van der Waals surface area contributed by atoms with Crippen LogP contribution < -0.4 is 15.8 Å². The third-order valence-electron chi connectivity index (χ3n) is 3.24. The lowest BCUT2D eigenvalue weighted by Crippen LogP contribution is -2.42. The summed E-state index contributed by atoms with van der Waals surface area (Å²) in [5.74, 6) is 0.179. The first-order valence-electron chi connectivity index (χ1n) is 6.40. The van der Waals surface area contributed by atoms with E-state index in [0.717, 1.165) is 26.2 Å². The van der Waals surface area contributed by atoms with Crippen molar-refractivity contribution in [3.8, 4) is 5.75 Å². The summed E-state index contributed by atoms with van der Waals surface area (Å²) in [6.07, 6.45) is 1.03. The molecule has 1 saturated heterocycles. The molecule has 0 saturated carbocycles. The molecule has 0 spiro atoms. The van der Waals surface area contributed by atoms with E-state index in [1.165, 1.54) is 5.56 Å². The highest BCUT2D eigenvalue weighted by Crippen LogP contribution is 2.19. The van der Waals surface area contributed by atoms with Crippen LogP contribution in [0, 0.1) is 0 Å². The number of hydrogen-bond acceptors (Lipinski definition) is 4. The number of nitrogens with two attached hydrogens (primary N) is 1. The number of carbonyl (C=O) groups is 1. The van der Waals surface area contributed by atoms with E-state index in [2.05, 4.69) is 12.2 Å². The number of hydrogen-bond donors (Lipinski definition) is 2. The highest BCUT2D eigenvalue weighted by atomic mass is 16.5. The predicted octanol–water partition coefficient (Wildman–Crippen LogP) is 0.819. The molecule has 1 heterocycles. The normalized spacial score (nSPS) is 22.4. The molecule has 0 aromatic heterocycles. The quantitative estimate of drug-likeness (QED) is 0.798. The fourth-order valence-corrected chi connectivity index (χ4v) is 1.98. The molecule has 1 unspecified atom stereocenters. The van der Waals surface area contributed by atoms with Crippen molar-refractivity contribution in [1.29, 1.82) is 0 Å². The maximum atomic E-state index is 10.6. The molecule has 0 aliphatic carbocycles. The van der Waals surface area contributed by atoms with Gasteiger partial charge >= 0.3 is 0 Å². The third kappa shape index (κ3) is 4.22. The average Bonchev–Trinajstić information content (AvgIpc) is 2.83. The van der Waals surface area contributed by atoms with Crippen LogP contribution in [-0.4, -0.2) is 31.3 Å². The van der Waals surface area contributed by atoms with Gasteiger partial charge in [0.1, 0.15) is 5.75 Å². The average molecular weight is 264 g/mol. The van der Waals surface area contributed by atoms with Crippen LogP contribution in [0.1, 0.15) is 18.9 Å². The molecular weight excluding hydrogens is 244 g/mol. The first-order chi connectivity index (χ1) is 9.07. The molecule has 1 aliphatic rings. The largest absolute Gasteiger partial charge is 0.484 e. The molecular formula is C14H20N2O3. The van der Waals surface area contributed by atoms with Crippen molar-refractivity contribution in [2.75, 3.05) is 19.8 Å². The van der Waals surface area contributed by atoms with E-state index < -0.39 is 5.91 Å². The third-order valence-corrected chi connectivity index (χ3v) is 3.24. The topological polar surface area (TPSA) is 73.6 Å². The Morgan fingerprint density at radius 2 is 2.21 bits per heavy atom. The molecule has 1 aromatic rings. The maximum Gasteiger partial charge on any atom is 0.255 e. The molecule has 1 aromatic carbocycles. The van der Waals surface area contributed by atoms with E-state index in [-0.39, 0.29) is 12.1 Å². The molecule has 0 radical (unpaired) electrons. The summed E-state index contributed by atoms with van der Waals surface area (Å²) in [4.78, 5) is 10.6. The Bertz CT molecular complexity index is 425. The zero-order valence-electron chi connectivity index (χ0n) is 11.1. The number of ether oxygens (including phenoxy) is 2. The summed E-state index contributed by atoms with van der Waals surface area (Å²) < 4.78 is 10.6. The van der Waals surface area contributed by atoms with Gasteiger partial charge in [-0.15, -0.1) is 0 Å². The minimum absolute atomic E-state index is 0.0706. The van der Waals surface area contributed by atoms with Crippen LogP contribution in [0.4, 0.5) is 0 Å². The molecule has 5 heteroatoms. The monoisotopic (exact) mass is 264 g/mol. The Labute approximate surface area is 113 Å². The Morgan fingerprint density at radius 3 is 2.79 bits per heavy atom. The zero-order chi connectivity index (χ0) is 13.7. The summed E-state index contributed by atoms with van der Waals surface area (Å²) >= 11 is 0. The van der Waals surface area contributed by atoms with Gasteiger partial charge in [0.05, 0.1) is 6.61 Å². The van der Waals surface area contributed by atoms with E-state index in [9.17, 15) is 4.79 Å². The fourth-order valence-electron chi connectivity index (χ4n) is 1.98. The first-order valence-corrected chi connectivity index (χ1v) is 6.40. The second-order valence-corrected chi connectivity index (χ2v) is 5.12. The van der Waals surface area contributed by atoms with Crippen LogP contribution in [0.15, 0.2) is 24.3 Å². The Morgan fingerprint density at radius 1 is 1.47 bits per heavy atom. The standard InChI is InChI=1S/C14H20N2O3/c1-14(6-7-18-10-14)16-8-11-2-4-12(5-3-11)19-9-13(15)17/h2-5,16H,6-10H2,1H3,(H2,15,17). The minimum Gasteiger partial charge on any atom is -0.484 e. The SMILES string of the molecule is CC1(NCc2ccc(OCC(N)=O)cc2)CCOC1. The van der Waals surface area contributed by atoms with Crippen LogP contribution in [0.2, 0.25) is 0 Å². The minimum atomic E-state index is -0.472. The predicted molar refractivity (Wildman–Crippen MR) is 71.8 cm³/mol. The molecule has 5 nitrogen and oxygen atoms in total. The van der Waals surface area contributed by atoms with Crippen molar-refractivity contribution in [1.82, 2.24) is 5.32 Å². The molecule has 3 N–H and O–H groups in total. The van der Waals surface area contributed by atoms with Gasteiger partial charge < -0.3 is 20.5 Å². The van der Waals surface area contributed by atoms with Gasteiger partial charge in [-0.1, -0.05) is 12.1 Å². The molecule has 2 rings (SSSR count). The van der Waals surface area contributed by atoms with Crippen molar-refractivity contribution >= 4 is 5.91 Å². The molecule has 1 aliphatic heterocycles. The van der Waals surface area contributed by atoms with Crippen molar-refractivity contribution in [2.45, 2.75) is 25.4 Å². The summed E-state index contributed by atoms with van der Waals surface area (Å²) in [5, 5.41) is 3.50. The van der Waals surface area contributed by atoms with Gasteiger partial charge in [-0.05, 0) is 31.0 Å². The van der Waals surface area contributed by atoms with Crippen molar-refractivity contribution < 1.29 is 14.3 Å². The summed E-state index contributed by atoms with van der Waals surface area (Å²) in [7, 11) is 0. The van der Waals surface area contributed by atoms with E-state index >= 15 is 0 Å². The fraction of sp³-hybridized carbons (Fsp3) is 0.500. The second-order valence-electron chi connectivity index (χ2n) is 5.12. The number of rotatable bonds is 6. The molecule has 0 bridgehead atoms. The summed E-state index contributed by atoms with van der Waals surface area (Å²) in [6.45, 7) is 4.45. The molecule has 1 amide bonds. The molecule has 19 heavy (non-hydrogen) atoms. The first kappa shape index (κ1) is 13.8. The van der Waals surface area contributed by atoms with Crippen LogP contribution in [0.3, 0.4) is 0 Å². The van der Waals surface area contributed by atoms with Crippen LogP contribution >= 0.6 is 0 Å². The van der Waals surface area contributed by atoms with E-state index in [0.29, 0.717) is 5.75 Å². The van der Waals surface area contributed by atoms with Crippen LogP contribution in [0.25, 0.3) is 0 Å². The number of primary amides is 1. The van der Waals surface area contributed by atoms with Gasteiger partial charge in [-0.25, -0.2) is 0 Å². The number of benzene rings is 1. The van der Waals surface area contributed by atoms with E-state index in [1.54, 1.807) is 0 Å². The summed E-state index contributed by atoms with van der Waals surface area (Å²) in [6, 6.07) is 7.63. The van der Waals surface area contributed by atoms with Gasteiger partial charge in [0.2, 0.25) is 0 Å². The smallest absolute Gasteiger partial charge is 0.255 e. The van der Waals surface area contributed by atoms with Crippen molar-refractivity contribution in [3.63, 3.8) is 0 Å². The number of carbonyl (C=O) groups excluding carboxylic acids is 1. The highest BCUT2D eigenvalue weighted by Gasteiger charge is 2.28. The van der Waals surface area contributed by atoms with E-state index in [4.69, 9.17) is 15.2 Å². The van der Waals surface area contributed by atoms with Gasteiger partial charge in [-0.3, -0.25) is 4.79 Å². The Hall–Kier alpha value is -1.59. The number of amides is 1.